The Morgan fingerprint density at radius 2 is 2.00 bits per heavy atom. The summed E-state index contributed by atoms with van der Waals surface area (Å²) >= 11 is 0. The summed E-state index contributed by atoms with van der Waals surface area (Å²) in [5.74, 6) is 2.11. The lowest BCUT2D eigenvalue weighted by Crippen LogP contribution is -2.46. The fourth-order valence-corrected chi connectivity index (χ4v) is 3.41. The van der Waals surface area contributed by atoms with Gasteiger partial charge in [0.1, 0.15) is 5.75 Å². The average Bonchev–Trinajstić information content (AvgIpc) is 2.41. The van der Waals surface area contributed by atoms with Crippen molar-refractivity contribution in [1.29, 1.82) is 0 Å². The van der Waals surface area contributed by atoms with Crippen molar-refractivity contribution in [3.63, 3.8) is 0 Å². The highest BCUT2D eigenvalue weighted by molar-refractivity contribution is 5.61. The molecule has 0 spiro atoms. The first-order valence-corrected chi connectivity index (χ1v) is 7.57. The summed E-state index contributed by atoms with van der Waals surface area (Å²) in [6.07, 6.45) is 0.743. The molecule has 1 saturated heterocycles. The highest BCUT2D eigenvalue weighted by atomic mass is 16.5. The molecule has 3 nitrogen and oxygen atoms in total. The smallest absolute Gasteiger partial charge is 0.126 e. The molecule has 1 fully saturated rings. The van der Waals surface area contributed by atoms with Crippen LogP contribution in [0, 0.1) is 11.8 Å². The fourth-order valence-electron chi connectivity index (χ4n) is 3.41. The zero-order valence-corrected chi connectivity index (χ0v) is 13.3. The van der Waals surface area contributed by atoms with Crippen molar-refractivity contribution >= 4 is 5.69 Å². The zero-order valence-electron chi connectivity index (χ0n) is 13.3. The van der Waals surface area contributed by atoms with Crippen LogP contribution >= 0.6 is 0 Å². The Balaban J connectivity index is 2.45. The third kappa shape index (κ3) is 2.78. The number of methoxy groups -OCH3 is 1. The summed E-state index contributed by atoms with van der Waals surface area (Å²) in [5.41, 5.74) is 2.02. The number of anilines is 1. The van der Waals surface area contributed by atoms with Crippen molar-refractivity contribution in [3.8, 4) is 5.75 Å². The summed E-state index contributed by atoms with van der Waals surface area (Å²) in [6.45, 7) is 9.75. The summed E-state index contributed by atoms with van der Waals surface area (Å²) in [7, 11) is 1.66. The maximum absolute atomic E-state index is 10.2. The van der Waals surface area contributed by atoms with Gasteiger partial charge in [-0.2, -0.15) is 0 Å². The van der Waals surface area contributed by atoms with Gasteiger partial charge in [-0.1, -0.05) is 19.9 Å². The van der Waals surface area contributed by atoms with E-state index in [1.165, 1.54) is 6.42 Å². The first-order valence-electron chi connectivity index (χ1n) is 7.57. The van der Waals surface area contributed by atoms with Crippen LogP contribution in [0.4, 0.5) is 5.69 Å². The van der Waals surface area contributed by atoms with Crippen LogP contribution in [-0.2, 0) is 0 Å². The van der Waals surface area contributed by atoms with E-state index in [-0.39, 0.29) is 0 Å². The molecular weight excluding hydrogens is 250 g/mol. The van der Waals surface area contributed by atoms with Gasteiger partial charge >= 0.3 is 0 Å². The monoisotopic (exact) mass is 277 g/mol. The van der Waals surface area contributed by atoms with Crippen LogP contribution in [-0.4, -0.2) is 24.8 Å². The van der Waals surface area contributed by atoms with Gasteiger partial charge in [0.15, 0.2) is 0 Å². The van der Waals surface area contributed by atoms with Crippen molar-refractivity contribution in [3.05, 3.63) is 23.8 Å². The fraction of sp³-hybridized carbons (Fsp3) is 0.647. The quantitative estimate of drug-likeness (QED) is 0.916. The highest BCUT2D eigenvalue weighted by Crippen LogP contribution is 2.39. The van der Waals surface area contributed by atoms with Crippen molar-refractivity contribution in [2.24, 2.45) is 11.8 Å². The number of piperidine rings is 1. The van der Waals surface area contributed by atoms with Gasteiger partial charge in [-0.25, -0.2) is 0 Å². The Morgan fingerprint density at radius 1 is 1.30 bits per heavy atom. The van der Waals surface area contributed by atoms with Crippen LogP contribution < -0.4 is 9.64 Å². The number of aliphatic hydroxyl groups excluding tert-OH is 1. The van der Waals surface area contributed by atoms with Gasteiger partial charge in [0.25, 0.3) is 0 Å². The van der Waals surface area contributed by atoms with Crippen molar-refractivity contribution < 1.29 is 9.84 Å². The third-order valence-corrected chi connectivity index (χ3v) is 4.59. The molecule has 0 amide bonds. The Bertz CT molecular complexity index is 458. The van der Waals surface area contributed by atoms with Crippen molar-refractivity contribution in [2.45, 2.75) is 46.3 Å². The van der Waals surface area contributed by atoms with Crippen molar-refractivity contribution in [2.75, 3.05) is 18.6 Å². The van der Waals surface area contributed by atoms with E-state index in [9.17, 15) is 5.11 Å². The molecule has 0 bridgehead atoms. The number of hydrogen-bond donors (Lipinski definition) is 1. The lowest BCUT2D eigenvalue weighted by atomic mass is 9.85. The van der Waals surface area contributed by atoms with E-state index >= 15 is 0 Å². The summed E-state index contributed by atoms with van der Waals surface area (Å²) in [6, 6.07) is 6.52. The molecule has 3 heteroatoms. The van der Waals surface area contributed by atoms with E-state index in [0.29, 0.717) is 17.9 Å². The molecule has 1 aliphatic heterocycles. The van der Waals surface area contributed by atoms with Crippen LogP contribution in [0.2, 0.25) is 0 Å². The predicted octanol–water partition coefficient (Wildman–Crippen LogP) is 3.62. The molecular formula is C17H27NO2. The minimum atomic E-state index is -0.527. The van der Waals surface area contributed by atoms with Gasteiger partial charge < -0.3 is 14.7 Å². The molecule has 112 valence electrons. The molecule has 1 heterocycles. The lowest BCUT2D eigenvalue weighted by molar-refractivity contribution is 0.193. The van der Waals surface area contributed by atoms with Gasteiger partial charge in [-0.15, -0.1) is 0 Å². The van der Waals surface area contributed by atoms with Gasteiger partial charge in [-0.3, -0.25) is 0 Å². The summed E-state index contributed by atoms with van der Waals surface area (Å²) in [5, 5.41) is 10.2. The lowest BCUT2D eigenvalue weighted by Gasteiger charge is -2.43. The van der Waals surface area contributed by atoms with Crippen molar-refractivity contribution in [1.82, 2.24) is 0 Å². The minimum Gasteiger partial charge on any atom is -0.496 e. The number of ether oxygens (including phenoxy) is 1. The number of benzene rings is 1. The van der Waals surface area contributed by atoms with Crippen LogP contribution in [0.15, 0.2) is 18.2 Å². The molecule has 20 heavy (non-hydrogen) atoms. The third-order valence-electron chi connectivity index (χ3n) is 4.59. The summed E-state index contributed by atoms with van der Waals surface area (Å²) < 4.78 is 5.44. The number of aliphatic hydroxyl groups is 1. The Kier molecular flexibility index (Phi) is 4.59. The normalized spacial score (nSPS) is 28.3. The van der Waals surface area contributed by atoms with E-state index in [1.54, 1.807) is 7.11 Å². The molecule has 1 aromatic carbocycles. The van der Waals surface area contributed by atoms with Gasteiger partial charge in [0, 0.05) is 23.8 Å². The molecule has 3 unspecified atom stereocenters. The van der Waals surface area contributed by atoms with Gasteiger partial charge in [-0.05, 0) is 44.2 Å². The molecule has 1 N–H and O–H groups in total. The van der Waals surface area contributed by atoms with Crippen LogP contribution in [0.3, 0.4) is 0 Å². The van der Waals surface area contributed by atoms with E-state index < -0.39 is 6.10 Å². The molecule has 1 aliphatic rings. The number of nitrogens with zero attached hydrogens (tertiary/aromatic N) is 1. The molecule has 0 saturated carbocycles. The molecule has 2 rings (SSSR count). The van der Waals surface area contributed by atoms with E-state index in [2.05, 4.69) is 31.7 Å². The number of hydrogen-bond acceptors (Lipinski definition) is 3. The average molecular weight is 277 g/mol. The molecule has 0 radical (unpaired) electrons. The second-order valence-corrected chi connectivity index (χ2v) is 6.28. The molecule has 1 aromatic rings. The van der Waals surface area contributed by atoms with E-state index in [1.807, 2.05) is 19.1 Å². The van der Waals surface area contributed by atoms with E-state index in [4.69, 9.17) is 4.74 Å². The number of rotatable bonds is 3. The summed E-state index contributed by atoms with van der Waals surface area (Å²) in [4.78, 5) is 2.43. The van der Waals surface area contributed by atoms with Gasteiger partial charge in [0.05, 0.1) is 13.2 Å². The van der Waals surface area contributed by atoms with Gasteiger partial charge in [0.2, 0.25) is 0 Å². The SMILES string of the molecule is COc1cccc(N2CC(C)CC(C)C2C)c1[C@@H](C)O. The zero-order chi connectivity index (χ0) is 14.9. The predicted molar refractivity (Wildman–Crippen MR) is 83.4 cm³/mol. The topological polar surface area (TPSA) is 32.7 Å². The Labute approximate surface area is 122 Å². The maximum atomic E-state index is 10.2. The standard InChI is InChI=1S/C17H27NO2/c1-11-9-12(2)13(3)18(10-11)15-7-6-8-16(20-5)17(15)14(4)19/h6-8,11-14,19H,9-10H2,1-5H3/t11?,12?,13?,14-/m1/s1. The van der Waals surface area contributed by atoms with Crippen LogP contribution in [0.5, 0.6) is 5.75 Å². The Hall–Kier alpha value is -1.22. The van der Waals surface area contributed by atoms with E-state index in [0.717, 1.165) is 23.5 Å². The molecule has 0 aliphatic carbocycles. The second-order valence-electron chi connectivity index (χ2n) is 6.28. The second kappa shape index (κ2) is 6.04. The van der Waals surface area contributed by atoms with Crippen LogP contribution in [0.1, 0.15) is 45.8 Å². The minimum absolute atomic E-state index is 0.482. The van der Waals surface area contributed by atoms with Crippen LogP contribution in [0.25, 0.3) is 0 Å². The molecule has 0 aromatic heterocycles. The first-order chi connectivity index (χ1) is 9.45. The first kappa shape index (κ1) is 15.2. The Morgan fingerprint density at radius 3 is 2.60 bits per heavy atom. The molecule has 4 atom stereocenters. The maximum Gasteiger partial charge on any atom is 0.126 e. The largest absolute Gasteiger partial charge is 0.496 e. The highest BCUT2D eigenvalue weighted by Gasteiger charge is 2.31.